The Morgan fingerprint density at radius 3 is 2.71 bits per heavy atom. The maximum absolute atomic E-state index is 13.6. The van der Waals surface area contributed by atoms with E-state index in [1.807, 2.05) is 18.2 Å². The van der Waals surface area contributed by atoms with Gasteiger partial charge in [0.1, 0.15) is 0 Å². The monoisotopic (exact) mass is 284 g/mol. The SMILES string of the molecule is COc1ccc(CC(=O)c2ccc3c(c2)CCC3)cc1F. The zero-order chi connectivity index (χ0) is 14.8. The van der Waals surface area contributed by atoms with Crippen LogP contribution in [-0.2, 0) is 19.3 Å². The fourth-order valence-corrected chi connectivity index (χ4v) is 2.85. The van der Waals surface area contributed by atoms with Crippen LogP contribution in [0.5, 0.6) is 5.75 Å². The molecule has 0 aliphatic heterocycles. The summed E-state index contributed by atoms with van der Waals surface area (Å²) in [5, 5.41) is 0. The van der Waals surface area contributed by atoms with E-state index in [0.29, 0.717) is 11.1 Å². The number of ketones is 1. The zero-order valence-corrected chi connectivity index (χ0v) is 12.0. The van der Waals surface area contributed by atoms with Crippen LogP contribution in [0.1, 0.15) is 33.5 Å². The first kappa shape index (κ1) is 13.8. The minimum Gasteiger partial charge on any atom is -0.494 e. The first-order valence-electron chi connectivity index (χ1n) is 7.15. The maximum atomic E-state index is 13.6. The van der Waals surface area contributed by atoms with Crippen LogP contribution in [0.4, 0.5) is 4.39 Å². The van der Waals surface area contributed by atoms with Gasteiger partial charge in [-0.25, -0.2) is 4.39 Å². The molecular weight excluding hydrogens is 267 g/mol. The van der Waals surface area contributed by atoms with Gasteiger partial charge in [-0.15, -0.1) is 0 Å². The Morgan fingerprint density at radius 1 is 1.14 bits per heavy atom. The second kappa shape index (κ2) is 5.68. The summed E-state index contributed by atoms with van der Waals surface area (Å²) >= 11 is 0. The minimum absolute atomic E-state index is 0.0225. The Morgan fingerprint density at radius 2 is 1.95 bits per heavy atom. The Kier molecular flexibility index (Phi) is 3.74. The highest BCUT2D eigenvalue weighted by molar-refractivity contribution is 5.97. The molecule has 0 radical (unpaired) electrons. The molecule has 0 unspecified atom stereocenters. The number of aryl methyl sites for hydroxylation is 2. The number of hydrogen-bond donors (Lipinski definition) is 0. The van der Waals surface area contributed by atoms with Crippen LogP contribution in [0.15, 0.2) is 36.4 Å². The molecule has 0 amide bonds. The fraction of sp³-hybridized carbons (Fsp3) is 0.278. The largest absolute Gasteiger partial charge is 0.494 e. The van der Waals surface area contributed by atoms with Gasteiger partial charge in [0.05, 0.1) is 7.11 Å². The van der Waals surface area contributed by atoms with Crippen LogP contribution in [-0.4, -0.2) is 12.9 Å². The molecule has 3 heteroatoms. The summed E-state index contributed by atoms with van der Waals surface area (Å²) in [5.74, 6) is -0.213. The quantitative estimate of drug-likeness (QED) is 0.799. The van der Waals surface area contributed by atoms with Gasteiger partial charge in [0.2, 0.25) is 0 Å². The molecule has 0 fully saturated rings. The number of halogens is 1. The molecule has 0 saturated carbocycles. The second-order valence-electron chi connectivity index (χ2n) is 5.41. The van der Waals surface area contributed by atoms with Crippen molar-refractivity contribution in [2.45, 2.75) is 25.7 Å². The highest BCUT2D eigenvalue weighted by atomic mass is 19.1. The third-order valence-corrected chi connectivity index (χ3v) is 4.00. The number of hydrogen-bond acceptors (Lipinski definition) is 2. The topological polar surface area (TPSA) is 26.3 Å². The first-order valence-corrected chi connectivity index (χ1v) is 7.15. The molecule has 0 saturated heterocycles. The van der Waals surface area contributed by atoms with Gasteiger partial charge in [0.25, 0.3) is 0 Å². The highest BCUT2D eigenvalue weighted by Gasteiger charge is 2.15. The summed E-state index contributed by atoms with van der Waals surface area (Å²) in [5.41, 5.74) is 4.01. The van der Waals surface area contributed by atoms with Crippen molar-refractivity contribution in [1.82, 2.24) is 0 Å². The minimum atomic E-state index is -0.434. The molecular formula is C18H17FO2. The summed E-state index contributed by atoms with van der Waals surface area (Å²) in [6, 6.07) is 10.6. The summed E-state index contributed by atoms with van der Waals surface area (Å²) in [6.45, 7) is 0. The lowest BCUT2D eigenvalue weighted by Crippen LogP contribution is -2.05. The molecule has 0 aromatic heterocycles. The van der Waals surface area contributed by atoms with Gasteiger partial charge in [-0.3, -0.25) is 4.79 Å². The number of carbonyl (C=O) groups excluding carboxylic acids is 1. The Hall–Kier alpha value is -2.16. The summed E-state index contributed by atoms with van der Waals surface area (Å²) < 4.78 is 18.5. The second-order valence-corrected chi connectivity index (χ2v) is 5.41. The standard InChI is InChI=1S/C18H17FO2/c1-21-18-8-5-12(9-16(18)19)10-17(20)15-7-6-13-3-2-4-14(13)11-15/h5-9,11H,2-4,10H2,1H3. The zero-order valence-electron chi connectivity index (χ0n) is 12.0. The molecule has 21 heavy (non-hydrogen) atoms. The number of ether oxygens (including phenoxy) is 1. The van der Waals surface area contributed by atoms with Gasteiger partial charge in [-0.05, 0) is 54.2 Å². The van der Waals surface area contributed by atoms with E-state index in [-0.39, 0.29) is 18.0 Å². The van der Waals surface area contributed by atoms with Crippen LogP contribution in [0, 0.1) is 5.82 Å². The molecule has 0 heterocycles. The van der Waals surface area contributed by atoms with Gasteiger partial charge in [0.15, 0.2) is 17.3 Å². The van der Waals surface area contributed by atoms with E-state index in [0.717, 1.165) is 19.3 Å². The van der Waals surface area contributed by atoms with E-state index in [1.165, 1.54) is 24.3 Å². The smallest absolute Gasteiger partial charge is 0.167 e. The molecule has 2 nitrogen and oxygen atoms in total. The van der Waals surface area contributed by atoms with E-state index < -0.39 is 5.82 Å². The molecule has 1 aliphatic rings. The van der Waals surface area contributed by atoms with Crippen molar-refractivity contribution in [1.29, 1.82) is 0 Å². The van der Waals surface area contributed by atoms with Crippen LogP contribution in [0.3, 0.4) is 0 Å². The van der Waals surface area contributed by atoms with Crippen molar-refractivity contribution in [2.75, 3.05) is 7.11 Å². The number of rotatable bonds is 4. The predicted octanol–water partition coefficient (Wildman–Crippen LogP) is 3.75. The maximum Gasteiger partial charge on any atom is 0.167 e. The number of benzene rings is 2. The normalized spacial score (nSPS) is 13.0. The van der Waals surface area contributed by atoms with Gasteiger partial charge in [-0.1, -0.05) is 18.2 Å². The fourth-order valence-electron chi connectivity index (χ4n) is 2.85. The number of carbonyl (C=O) groups is 1. The Bertz CT molecular complexity index is 692. The lowest BCUT2D eigenvalue weighted by molar-refractivity contribution is 0.0993. The lowest BCUT2D eigenvalue weighted by Gasteiger charge is -2.06. The average Bonchev–Trinajstić information content (AvgIpc) is 2.94. The molecule has 108 valence electrons. The molecule has 0 bridgehead atoms. The number of methoxy groups -OCH3 is 1. The van der Waals surface area contributed by atoms with E-state index in [4.69, 9.17) is 4.74 Å². The Labute approximate surface area is 123 Å². The summed E-state index contributed by atoms with van der Waals surface area (Å²) in [7, 11) is 1.42. The number of Topliss-reactive ketones (excluding diaryl/α,β-unsaturated/α-hetero) is 1. The van der Waals surface area contributed by atoms with Gasteiger partial charge in [0, 0.05) is 12.0 Å². The first-order chi connectivity index (χ1) is 10.2. The van der Waals surface area contributed by atoms with Crippen molar-refractivity contribution in [3.05, 3.63) is 64.5 Å². The van der Waals surface area contributed by atoms with Crippen molar-refractivity contribution < 1.29 is 13.9 Å². The van der Waals surface area contributed by atoms with E-state index in [1.54, 1.807) is 12.1 Å². The van der Waals surface area contributed by atoms with Crippen LogP contribution in [0.2, 0.25) is 0 Å². The molecule has 0 atom stereocenters. The van der Waals surface area contributed by atoms with Crippen LogP contribution >= 0.6 is 0 Å². The van der Waals surface area contributed by atoms with Gasteiger partial charge >= 0.3 is 0 Å². The Balaban J connectivity index is 1.78. The third kappa shape index (κ3) is 2.82. The lowest BCUT2D eigenvalue weighted by atomic mass is 9.99. The predicted molar refractivity (Wildman–Crippen MR) is 79.5 cm³/mol. The van der Waals surface area contributed by atoms with Gasteiger partial charge in [-0.2, -0.15) is 0 Å². The van der Waals surface area contributed by atoms with Crippen molar-refractivity contribution >= 4 is 5.78 Å². The van der Waals surface area contributed by atoms with E-state index in [9.17, 15) is 9.18 Å². The average molecular weight is 284 g/mol. The van der Waals surface area contributed by atoms with Crippen LogP contribution < -0.4 is 4.74 Å². The van der Waals surface area contributed by atoms with Gasteiger partial charge < -0.3 is 4.74 Å². The molecule has 3 rings (SSSR count). The van der Waals surface area contributed by atoms with E-state index in [2.05, 4.69) is 0 Å². The molecule has 2 aromatic rings. The van der Waals surface area contributed by atoms with Crippen LogP contribution in [0.25, 0.3) is 0 Å². The number of fused-ring (bicyclic) bond motifs is 1. The van der Waals surface area contributed by atoms with Crippen molar-refractivity contribution in [3.8, 4) is 5.75 Å². The highest BCUT2D eigenvalue weighted by Crippen LogP contribution is 2.24. The molecule has 2 aromatic carbocycles. The molecule has 0 N–H and O–H groups in total. The van der Waals surface area contributed by atoms with Crippen molar-refractivity contribution in [3.63, 3.8) is 0 Å². The molecule has 1 aliphatic carbocycles. The summed E-state index contributed by atoms with van der Waals surface area (Å²) in [6.07, 6.45) is 3.53. The third-order valence-electron chi connectivity index (χ3n) is 4.00. The van der Waals surface area contributed by atoms with E-state index >= 15 is 0 Å². The van der Waals surface area contributed by atoms with Crippen molar-refractivity contribution in [2.24, 2.45) is 0 Å². The molecule has 0 spiro atoms. The summed E-state index contributed by atoms with van der Waals surface area (Å²) in [4.78, 5) is 12.3.